The van der Waals surface area contributed by atoms with E-state index in [2.05, 4.69) is 15.5 Å². The molecule has 5 nitrogen and oxygen atoms in total. The maximum Gasteiger partial charge on any atom is 0.228 e. The van der Waals surface area contributed by atoms with Crippen molar-refractivity contribution >= 4 is 11.7 Å². The number of hydrogen-bond acceptors (Lipinski definition) is 3. The van der Waals surface area contributed by atoms with Crippen molar-refractivity contribution in [3.8, 4) is 0 Å². The van der Waals surface area contributed by atoms with Crippen molar-refractivity contribution in [2.45, 2.75) is 38.7 Å². The molecule has 0 saturated carbocycles. The number of hydrogen-bond donors (Lipinski definition) is 2. The molecule has 1 unspecified atom stereocenters. The van der Waals surface area contributed by atoms with E-state index < -0.39 is 0 Å². The Hall–Kier alpha value is -1.36. The first kappa shape index (κ1) is 11.1. The van der Waals surface area contributed by atoms with Crippen LogP contribution in [-0.4, -0.2) is 28.8 Å². The highest BCUT2D eigenvalue weighted by Crippen LogP contribution is 2.16. The summed E-state index contributed by atoms with van der Waals surface area (Å²) in [7, 11) is 0. The van der Waals surface area contributed by atoms with Gasteiger partial charge in [0.05, 0.1) is 12.5 Å². The minimum Gasteiger partial charge on any atom is -0.378 e. The predicted molar refractivity (Wildman–Crippen MR) is 60.2 cm³/mol. The van der Waals surface area contributed by atoms with Crippen LogP contribution in [-0.2, 0) is 16.0 Å². The van der Waals surface area contributed by atoms with Gasteiger partial charge in [-0.2, -0.15) is 5.10 Å². The number of aryl methyl sites for hydroxylation is 1. The van der Waals surface area contributed by atoms with Crippen LogP contribution in [0.25, 0.3) is 0 Å². The Labute approximate surface area is 94.6 Å². The first-order valence-corrected chi connectivity index (χ1v) is 5.73. The molecule has 1 amide bonds. The maximum absolute atomic E-state index is 11.6. The van der Waals surface area contributed by atoms with Crippen molar-refractivity contribution in [2.75, 3.05) is 11.9 Å². The van der Waals surface area contributed by atoms with Gasteiger partial charge in [-0.15, -0.1) is 0 Å². The van der Waals surface area contributed by atoms with Gasteiger partial charge in [0.1, 0.15) is 0 Å². The zero-order valence-electron chi connectivity index (χ0n) is 9.45. The average molecular weight is 223 g/mol. The Morgan fingerprint density at radius 3 is 3.25 bits per heavy atom. The largest absolute Gasteiger partial charge is 0.378 e. The van der Waals surface area contributed by atoms with Crippen LogP contribution >= 0.6 is 0 Å². The van der Waals surface area contributed by atoms with Crippen molar-refractivity contribution in [1.29, 1.82) is 0 Å². The Kier molecular flexibility index (Phi) is 3.56. The molecule has 1 aliphatic heterocycles. The number of aromatic nitrogens is 2. The third kappa shape index (κ3) is 2.82. The molecule has 0 bridgehead atoms. The Balaban J connectivity index is 1.81. The van der Waals surface area contributed by atoms with Crippen LogP contribution in [0.3, 0.4) is 0 Å². The zero-order valence-corrected chi connectivity index (χ0v) is 9.45. The minimum absolute atomic E-state index is 0.0268. The van der Waals surface area contributed by atoms with E-state index in [9.17, 15) is 4.79 Å². The number of nitrogens with one attached hydrogen (secondary N) is 2. The van der Waals surface area contributed by atoms with Gasteiger partial charge >= 0.3 is 0 Å². The Morgan fingerprint density at radius 1 is 1.75 bits per heavy atom. The fourth-order valence-electron chi connectivity index (χ4n) is 1.81. The first-order chi connectivity index (χ1) is 7.78. The van der Waals surface area contributed by atoms with Gasteiger partial charge in [0, 0.05) is 18.4 Å². The van der Waals surface area contributed by atoms with Crippen LogP contribution in [0.2, 0.25) is 0 Å². The summed E-state index contributed by atoms with van der Waals surface area (Å²) in [5.74, 6) is 0.570. The highest BCUT2D eigenvalue weighted by molar-refractivity contribution is 5.90. The van der Waals surface area contributed by atoms with Crippen molar-refractivity contribution in [1.82, 2.24) is 10.2 Å². The summed E-state index contributed by atoms with van der Waals surface area (Å²) < 4.78 is 5.40. The lowest BCUT2D eigenvalue weighted by Gasteiger charge is -2.07. The van der Waals surface area contributed by atoms with Gasteiger partial charge in [0.15, 0.2) is 5.82 Å². The van der Waals surface area contributed by atoms with Crippen molar-refractivity contribution in [2.24, 2.45) is 0 Å². The van der Waals surface area contributed by atoms with E-state index in [-0.39, 0.29) is 12.0 Å². The van der Waals surface area contributed by atoms with Gasteiger partial charge in [0.25, 0.3) is 0 Å². The van der Waals surface area contributed by atoms with Crippen molar-refractivity contribution in [3.05, 3.63) is 11.8 Å². The van der Waals surface area contributed by atoms with Gasteiger partial charge in [0.2, 0.25) is 5.91 Å². The smallest absolute Gasteiger partial charge is 0.228 e. The highest BCUT2D eigenvalue weighted by atomic mass is 16.5. The second kappa shape index (κ2) is 5.12. The number of anilines is 1. The van der Waals surface area contributed by atoms with E-state index >= 15 is 0 Å². The number of aromatic amines is 1. The van der Waals surface area contributed by atoms with Crippen LogP contribution in [0.4, 0.5) is 5.82 Å². The number of ether oxygens (including phenoxy) is 1. The number of carbonyl (C=O) groups is 1. The van der Waals surface area contributed by atoms with E-state index in [1.807, 2.05) is 13.0 Å². The third-order valence-corrected chi connectivity index (χ3v) is 2.72. The van der Waals surface area contributed by atoms with E-state index in [4.69, 9.17) is 4.74 Å². The van der Waals surface area contributed by atoms with Crippen LogP contribution in [0, 0.1) is 0 Å². The second-order valence-electron chi connectivity index (χ2n) is 4.02. The normalized spacial score (nSPS) is 19.9. The van der Waals surface area contributed by atoms with Crippen LogP contribution < -0.4 is 5.32 Å². The molecule has 2 rings (SSSR count). The summed E-state index contributed by atoms with van der Waals surface area (Å²) in [6, 6.07) is 1.85. The summed E-state index contributed by atoms with van der Waals surface area (Å²) in [4.78, 5) is 11.6. The molecule has 0 aromatic carbocycles. The number of amides is 1. The molecule has 1 aromatic heterocycles. The molecular formula is C11H17N3O2. The number of H-pyrrole nitrogens is 1. The number of nitrogens with zero attached hydrogens (tertiary/aromatic N) is 1. The molecule has 16 heavy (non-hydrogen) atoms. The standard InChI is InChI=1S/C11H17N3O2/c1-2-8-6-10(14-13-8)12-11(15)7-9-4-3-5-16-9/h6,9H,2-5,7H2,1H3,(H2,12,13,14,15). The van der Waals surface area contributed by atoms with Gasteiger partial charge in [-0.25, -0.2) is 0 Å². The fourth-order valence-corrected chi connectivity index (χ4v) is 1.81. The summed E-state index contributed by atoms with van der Waals surface area (Å²) in [6.45, 7) is 2.81. The number of carbonyl (C=O) groups excluding carboxylic acids is 1. The quantitative estimate of drug-likeness (QED) is 0.812. The van der Waals surface area contributed by atoms with Crippen LogP contribution in [0.15, 0.2) is 6.07 Å². The predicted octanol–water partition coefficient (Wildman–Crippen LogP) is 1.48. The van der Waals surface area contributed by atoms with Gasteiger partial charge < -0.3 is 10.1 Å². The molecule has 1 aliphatic rings. The van der Waals surface area contributed by atoms with E-state index in [1.165, 1.54) is 0 Å². The molecule has 1 aromatic rings. The van der Waals surface area contributed by atoms with Gasteiger partial charge in [-0.05, 0) is 19.3 Å². The lowest BCUT2D eigenvalue weighted by Crippen LogP contribution is -2.19. The van der Waals surface area contributed by atoms with Gasteiger partial charge in [-0.1, -0.05) is 6.92 Å². The molecule has 1 saturated heterocycles. The van der Waals surface area contributed by atoms with Crippen LogP contribution in [0.1, 0.15) is 31.9 Å². The van der Waals surface area contributed by atoms with Crippen LogP contribution in [0.5, 0.6) is 0 Å². The average Bonchev–Trinajstić information content (AvgIpc) is 2.89. The molecule has 0 radical (unpaired) electrons. The molecule has 1 atom stereocenters. The minimum atomic E-state index is -0.0268. The highest BCUT2D eigenvalue weighted by Gasteiger charge is 2.19. The van der Waals surface area contributed by atoms with E-state index in [0.717, 1.165) is 31.6 Å². The molecule has 88 valence electrons. The molecule has 2 heterocycles. The summed E-state index contributed by atoms with van der Waals surface area (Å²) in [6.07, 6.45) is 3.43. The van der Waals surface area contributed by atoms with Gasteiger partial charge in [-0.3, -0.25) is 9.89 Å². The molecule has 0 aliphatic carbocycles. The third-order valence-electron chi connectivity index (χ3n) is 2.72. The van der Waals surface area contributed by atoms with Crippen molar-refractivity contribution in [3.63, 3.8) is 0 Å². The Bertz CT molecular complexity index is 356. The summed E-state index contributed by atoms with van der Waals surface area (Å²) in [5.41, 5.74) is 1.02. The van der Waals surface area contributed by atoms with E-state index in [1.54, 1.807) is 0 Å². The fraction of sp³-hybridized carbons (Fsp3) is 0.636. The number of rotatable bonds is 4. The second-order valence-corrected chi connectivity index (χ2v) is 4.02. The lowest BCUT2D eigenvalue weighted by atomic mass is 10.2. The monoisotopic (exact) mass is 223 g/mol. The molecule has 5 heteroatoms. The van der Waals surface area contributed by atoms with E-state index in [0.29, 0.717) is 12.2 Å². The first-order valence-electron chi connectivity index (χ1n) is 5.73. The molecule has 2 N–H and O–H groups in total. The molecule has 0 spiro atoms. The topological polar surface area (TPSA) is 67.0 Å². The maximum atomic E-state index is 11.6. The SMILES string of the molecule is CCc1cc(NC(=O)CC2CCCO2)n[nH]1. The summed E-state index contributed by atoms with van der Waals surface area (Å²) >= 11 is 0. The zero-order chi connectivity index (χ0) is 11.4. The Morgan fingerprint density at radius 2 is 2.62 bits per heavy atom. The van der Waals surface area contributed by atoms with Crippen molar-refractivity contribution < 1.29 is 9.53 Å². The molecular weight excluding hydrogens is 206 g/mol. The summed E-state index contributed by atoms with van der Waals surface area (Å²) in [5, 5.41) is 9.62. The molecule has 1 fully saturated rings. The lowest BCUT2D eigenvalue weighted by molar-refractivity contribution is -0.118.